The molecule has 0 aromatic heterocycles. The Bertz CT molecular complexity index is 4230. The summed E-state index contributed by atoms with van der Waals surface area (Å²) in [5.41, 5.74) is 24.7. The molecular formula is C77H53N. The maximum atomic E-state index is 2.45. The monoisotopic (exact) mass is 991 g/mol. The Kier molecular flexibility index (Phi) is 11.8. The Morgan fingerprint density at radius 2 is 0.615 bits per heavy atom. The molecule has 0 heterocycles. The standard InChI is InChI=1S/C77H53N/c1-4-20-59(21-5-1)69-29-12-13-30-70(69)73-32-15-17-34-76(73)78(67-46-41-56(42-47-67)55-35-37-57(38-36-55)61-23-18-24-62(51-61)63-40-39-54-19-10-11-22-60(54)52-63)68-48-43-58(44-49-68)64-45-50-72-71-31-14-16-33-74(71)77(75(72)53-64,65-25-6-2-7-26-65)66-27-8-3-9-28-66/h1-53H. The summed E-state index contributed by atoms with van der Waals surface area (Å²) in [6, 6.07) is 118. The van der Waals surface area contributed by atoms with Gasteiger partial charge in [0, 0.05) is 16.9 Å². The van der Waals surface area contributed by atoms with Crippen LogP contribution in [0.2, 0.25) is 0 Å². The number of rotatable bonds is 11. The van der Waals surface area contributed by atoms with Crippen LogP contribution in [-0.4, -0.2) is 0 Å². The molecule has 1 heteroatoms. The third-order valence-corrected chi connectivity index (χ3v) is 16.0. The molecule has 0 fully saturated rings. The fraction of sp³-hybridized carbons (Fsp3) is 0.0130. The predicted molar refractivity (Wildman–Crippen MR) is 329 cm³/mol. The Morgan fingerprint density at radius 1 is 0.205 bits per heavy atom. The lowest BCUT2D eigenvalue weighted by Crippen LogP contribution is -2.28. The van der Waals surface area contributed by atoms with Gasteiger partial charge in [-0.2, -0.15) is 0 Å². The zero-order chi connectivity index (χ0) is 51.8. The number of benzene rings is 13. The second kappa shape index (κ2) is 19.9. The number of hydrogen-bond acceptors (Lipinski definition) is 1. The van der Waals surface area contributed by atoms with Gasteiger partial charge in [-0.25, -0.2) is 0 Å². The first kappa shape index (κ1) is 46.5. The molecule has 0 unspecified atom stereocenters. The van der Waals surface area contributed by atoms with E-state index in [4.69, 9.17) is 0 Å². The molecule has 0 amide bonds. The van der Waals surface area contributed by atoms with E-state index in [-0.39, 0.29) is 0 Å². The number of para-hydroxylation sites is 1. The first-order valence-corrected chi connectivity index (χ1v) is 27.0. The van der Waals surface area contributed by atoms with Gasteiger partial charge in [0.2, 0.25) is 0 Å². The lowest BCUT2D eigenvalue weighted by atomic mass is 9.67. The molecule has 0 spiro atoms. The fourth-order valence-electron chi connectivity index (χ4n) is 12.2. The zero-order valence-corrected chi connectivity index (χ0v) is 43.0. The van der Waals surface area contributed by atoms with Crippen molar-refractivity contribution in [2.45, 2.75) is 5.41 Å². The maximum absolute atomic E-state index is 2.45. The van der Waals surface area contributed by atoms with Gasteiger partial charge < -0.3 is 4.90 Å². The average Bonchev–Trinajstić information content (AvgIpc) is 3.99. The van der Waals surface area contributed by atoms with Crippen molar-refractivity contribution in [1.29, 1.82) is 0 Å². The predicted octanol–water partition coefficient (Wildman–Crippen LogP) is 20.7. The van der Waals surface area contributed by atoms with E-state index in [9.17, 15) is 0 Å². The number of nitrogens with zero attached hydrogens (tertiary/aromatic N) is 1. The molecule has 0 N–H and O–H groups in total. The van der Waals surface area contributed by atoms with Crippen LogP contribution in [0.15, 0.2) is 322 Å². The molecule has 0 saturated heterocycles. The molecule has 78 heavy (non-hydrogen) atoms. The summed E-state index contributed by atoms with van der Waals surface area (Å²) in [7, 11) is 0. The van der Waals surface area contributed by atoms with Crippen LogP contribution in [0.25, 0.3) is 88.7 Å². The molecule has 366 valence electrons. The van der Waals surface area contributed by atoms with E-state index in [1.807, 2.05) is 0 Å². The molecule has 13 aromatic carbocycles. The van der Waals surface area contributed by atoms with E-state index in [2.05, 4.69) is 326 Å². The summed E-state index contributed by atoms with van der Waals surface area (Å²) in [6.07, 6.45) is 0. The van der Waals surface area contributed by atoms with Crippen LogP contribution in [0.4, 0.5) is 17.1 Å². The molecule has 13 aromatic rings. The third-order valence-electron chi connectivity index (χ3n) is 16.0. The van der Waals surface area contributed by atoms with Crippen molar-refractivity contribution in [3.05, 3.63) is 344 Å². The van der Waals surface area contributed by atoms with Crippen LogP contribution in [0, 0.1) is 0 Å². The summed E-state index contributed by atoms with van der Waals surface area (Å²) >= 11 is 0. The van der Waals surface area contributed by atoms with Gasteiger partial charge in [-0.1, -0.05) is 273 Å². The second-order valence-corrected chi connectivity index (χ2v) is 20.4. The molecule has 0 radical (unpaired) electrons. The van der Waals surface area contributed by atoms with Crippen LogP contribution in [0.5, 0.6) is 0 Å². The van der Waals surface area contributed by atoms with Gasteiger partial charge in [-0.15, -0.1) is 0 Å². The molecule has 1 aliphatic carbocycles. The Hall–Kier alpha value is -10.1. The summed E-state index contributed by atoms with van der Waals surface area (Å²) in [6.45, 7) is 0. The summed E-state index contributed by atoms with van der Waals surface area (Å²) < 4.78 is 0. The fourth-order valence-corrected chi connectivity index (χ4v) is 12.2. The van der Waals surface area contributed by atoms with Crippen LogP contribution >= 0.6 is 0 Å². The first-order valence-electron chi connectivity index (χ1n) is 27.0. The molecular weight excluding hydrogens is 939 g/mol. The van der Waals surface area contributed by atoms with Crippen LogP contribution in [0.1, 0.15) is 22.3 Å². The number of anilines is 3. The SMILES string of the molecule is c1ccc(-c2ccccc2-c2ccccc2N(c2ccc(-c3ccc(-c4cccc(-c5ccc6ccccc6c5)c4)cc3)cc2)c2ccc(-c3ccc4c(c3)C(c3ccccc3)(c3ccccc3)c3ccccc3-4)cc2)cc1. The van der Waals surface area contributed by atoms with Crippen LogP contribution in [0.3, 0.4) is 0 Å². The molecule has 1 aliphatic rings. The Morgan fingerprint density at radius 3 is 1.26 bits per heavy atom. The Labute approximate surface area is 457 Å². The van der Waals surface area contributed by atoms with Crippen molar-refractivity contribution < 1.29 is 0 Å². The zero-order valence-electron chi connectivity index (χ0n) is 43.0. The van der Waals surface area contributed by atoms with Crippen molar-refractivity contribution in [3.63, 3.8) is 0 Å². The van der Waals surface area contributed by atoms with Crippen LogP contribution in [-0.2, 0) is 5.41 Å². The smallest absolute Gasteiger partial charge is 0.0713 e. The summed E-state index contributed by atoms with van der Waals surface area (Å²) in [5.74, 6) is 0. The second-order valence-electron chi connectivity index (χ2n) is 20.4. The van der Waals surface area contributed by atoms with E-state index in [0.717, 1.165) is 33.8 Å². The van der Waals surface area contributed by atoms with E-state index in [1.165, 1.54) is 94.2 Å². The minimum atomic E-state index is -0.472. The van der Waals surface area contributed by atoms with Gasteiger partial charge >= 0.3 is 0 Å². The van der Waals surface area contributed by atoms with Crippen molar-refractivity contribution >= 4 is 27.8 Å². The molecule has 0 atom stereocenters. The van der Waals surface area contributed by atoms with Gasteiger partial charge in [0.1, 0.15) is 0 Å². The van der Waals surface area contributed by atoms with E-state index < -0.39 is 5.41 Å². The van der Waals surface area contributed by atoms with Gasteiger partial charge in [0.05, 0.1) is 11.1 Å². The summed E-state index contributed by atoms with van der Waals surface area (Å²) in [5, 5.41) is 2.51. The van der Waals surface area contributed by atoms with Crippen molar-refractivity contribution in [2.75, 3.05) is 4.90 Å². The number of hydrogen-bond donors (Lipinski definition) is 0. The van der Waals surface area contributed by atoms with Gasteiger partial charge in [0.15, 0.2) is 0 Å². The lowest BCUT2D eigenvalue weighted by Gasteiger charge is -2.34. The highest BCUT2D eigenvalue weighted by Gasteiger charge is 2.46. The lowest BCUT2D eigenvalue weighted by molar-refractivity contribution is 0.769. The van der Waals surface area contributed by atoms with E-state index in [0.29, 0.717) is 0 Å². The van der Waals surface area contributed by atoms with Gasteiger partial charge in [-0.05, 0) is 154 Å². The molecule has 0 aliphatic heterocycles. The van der Waals surface area contributed by atoms with Crippen LogP contribution < -0.4 is 4.90 Å². The van der Waals surface area contributed by atoms with Gasteiger partial charge in [0.25, 0.3) is 0 Å². The van der Waals surface area contributed by atoms with E-state index >= 15 is 0 Å². The first-order chi connectivity index (χ1) is 38.7. The molecule has 14 rings (SSSR count). The normalized spacial score (nSPS) is 12.2. The minimum Gasteiger partial charge on any atom is -0.310 e. The molecule has 0 bridgehead atoms. The highest BCUT2D eigenvalue weighted by atomic mass is 15.1. The topological polar surface area (TPSA) is 3.24 Å². The summed E-state index contributed by atoms with van der Waals surface area (Å²) in [4.78, 5) is 2.42. The van der Waals surface area contributed by atoms with E-state index in [1.54, 1.807) is 0 Å². The minimum absolute atomic E-state index is 0.472. The van der Waals surface area contributed by atoms with Crippen molar-refractivity contribution in [3.8, 4) is 77.9 Å². The molecule has 1 nitrogen and oxygen atoms in total. The quantitative estimate of drug-likeness (QED) is 0.125. The number of fused-ring (bicyclic) bond motifs is 4. The molecule has 0 saturated carbocycles. The Balaban J connectivity index is 0.839. The average molecular weight is 992 g/mol. The third kappa shape index (κ3) is 8.21. The highest BCUT2D eigenvalue weighted by Crippen LogP contribution is 2.57. The van der Waals surface area contributed by atoms with Gasteiger partial charge in [-0.3, -0.25) is 0 Å². The van der Waals surface area contributed by atoms with Crippen molar-refractivity contribution in [1.82, 2.24) is 0 Å². The highest BCUT2D eigenvalue weighted by molar-refractivity contribution is 5.95. The largest absolute Gasteiger partial charge is 0.310 e. The van der Waals surface area contributed by atoms with Crippen molar-refractivity contribution in [2.24, 2.45) is 0 Å². The maximum Gasteiger partial charge on any atom is 0.0713 e.